The first-order valence-corrected chi connectivity index (χ1v) is 17.5. The van der Waals surface area contributed by atoms with Gasteiger partial charge in [0.25, 0.3) is 0 Å². The van der Waals surface area contributed by atoms with Crippen LogP contribution in [-0.4, -0.2) is 35.4 Å². The second-order valence-corrected chi connectivity index (χ2v) is 10.9. The molecule has 0 fully saturated rings. The van der Waals surface area contributed by atoms with E-state index in [-0.39, 0.29) is 23.9 Å². The summed E-state index contributed by atoms with van der Waals surface area (Å²) in [6.45, 7) is 12.9. The molecule has 4 radical (unpaired) electrons. The summed E-state index contributed by atoms with van der Waals surface area (Å²) in [5.74, 6) is 1.91. The molecule has 0 unspecified atom stereocenters. The molecule has 0 aliphatic rings. The fourth-order valence-electron chi connectivity index (χ4n) is 3.53. The zero-order valence-electron chi connectivity index (χ0n) is 26.9. The molecule has 0 heterocycles. The summed E-state index contributed by atoms with van der Waals surface area (Å²) in [7, 11) is 0. The van der Waals surface area contributed by atoms with E-state index in [1.807, 2.05) is 0 Å². The molecule has 0 atom stereocenters. The van der Waals surface area contributed by atoms with Gasteiger partial charge in [0.05, 0.1) is 0 Å². The summed E-state index contributed by atoms with van der Waals surface area (Å²) in [6.07, 6.45) is 37.7. The maximum absolute atomic E-state index is 4.91. The fourth-order valence-corrected chi connectivity index (χ4v) is 3.94. The molecule has 0 saturated carbocycles. The van der Waals surface area contributed by atoms with Crippen LogP contribution in [0.25, 0.3) is 0 Å². The van der Waals surface area contributed by atoms with Crippen LogP contribution in [-0.2, 0) is 25.3 Å². The Bertz CT molecular complexity index is 231. The normalized spacial score (nSPS) is 9.73. The Morgan fingerprint density at radius 2 is 0.514 bits per heavy atom. The molecule has 0 amide bonds. The number of unbranched alkanes of at least 4 members (excludes halogenated alkanes) is 22. The Balaban J connectivity index is -0.000000140. The first kappa shape index (κ1) is 48.2. The molecule has 37 heavy (non-hydrogen) atoms. The predicted octanol–water partition coefficient (Wildman–Crippen LogP) is 12.5. The molecule has 0 saturated heterocycles. The monoisotopic (exact) mass is 664 g/mol. The van der Waals surface area contributed by atoms with Crippen LogP contribution in [0.4, 0.5) is 0 Å². The van der Waals surface area contributed by atoms with Crippen LogP contribution in [0, 0.1) is 12.8 Å². The van der Waals surface area contributed by atoms with Gasteiger partial charge >= 0.3 is 23.9 Å². The summed E-state index contributed by atoms with van der Waals surface area (Å²) >= 11 is 9.82. The predicted molar refractivity (Wildman–Crippen MR) is 184 cm³/mol. The first-order valence-electron chi connectivity index (χ1n) is 16.4. The maximum Gasteiger partial charge on any atom is 2.00 e. The van der Waals surface area contributed by atoms with Crippen LogP contribution < -0.4 is 0 Å². The second kappa shape index (κ2) is 57.4. The van der Waals surface area contributed by atoms with Gasteiger partial charge in [0.15, 0.2) is 0 Å². The van der Waals surface area contributed by atoms with Gasteiger partial charge in [-0.15, -0.1) is 0 Å². The topological polar surface area (TPSA) is 0 Å². The zero-order valence-corrected chi connectivity index (χ0v) is 31.3. The average Bonchev–Trinajstić information content (AvgIpc) is 2.91. The van der Waals surface area contributed by atoms with Crippen LogP contribution in [0.5, 0.6) is 0 Å². The van der Waals surface area contributed by atoms with Gasteiger partial charge in [0.2, 0.25) is 0 Å². The summed E-state index contributed by atoms with van der Waals surface area (Å²) in [5, 5.41) is 0. The molecule has 0 bridgehead atoms. The molecule has 0 spiro atoms. The number of hydrogen-bond donors (Lipinski definition) is 0. The van der Waals surface area contributed by atoms with Gasteiger partial charge in [-0.05, 0) is 12.8 Å². The smallest absolute Gasteiger partial charge is 0.793 e. The van der Waals surface area contributed by atoms with E-state index >= 15 is 0 Å². The van der Waals surface area contributed by atoms with E-state index in [2.05, 4.69) is 54.4 Å². The molecule has 0 aliphatic heterocycles. The van der Waals surface area contributed by atoms with Crippen molar-refractivity contribution in [3.63, 3.8) is 0 Å². The Morgan fingerprint density at radius 3 is 0.649 bits per heavy atom. The molecular formula is C34H72S2Sn. The van der Waals surface area contributed by atoms with Crippen molar-refractivity contribution in [1.29, 1.82) is 0 Å². The zero-order chi connectivity index (χ0) is 27.8. The van der Waals surface area contributed by atoms with Crippen molar-refractivity contribution in [2.45, 2.75) is 196 Å². The molecule has 0 aromatic carbocycles. The van der Waals surface area contributed by atoms with E-state index in [9.17, 15) is 0 Å². The first-order chi connectivity index (χ1) is 17.7. The van der Waals surface area contributed by atoms with Gasteiger partial charge in [-0.25, -0.2) is 0 Å². The molecule has 0 nitrogen and oxygen atoms in total. The van der Waals surface area contributed by atoms with Gasteiger partial charge in [-0.3, -0.25) is 0 Å². The van der Waals surface area contributed by atoms with Crippen molar-refractivity contribution >= 4 is 49.2 Å². The number of hydrogen-bond acceptors (Lipinski definition) is 2. The van der Waals surface area contributed by atoms with Crippen molar-refractivity contribution in [3.8, 4) is 0 Å². The Kier molecular flexibility index (Phi) is 74.8. The molecule has 0 aromatic heterocycles. The molecule has 3 heteroatoms. The van der Waals surface area contributed by atoms with Gasteiger partial charge in [-0.2, -0.15) is 11.5 Å². The summed E-state index contributed by atoms with van der Waals surface area (Å²) in [5.41, 5.74) is 0. The van der Waals surface area contributed by atoms with Crippen molar-refractivity contribution in [2.24, 2.45) is 0 Å². The van der Waals surface area contributed by atoms with Gasteiger partial charge in [0, 0.05) is 0 Å². The third-order valence-corrected chi connectivity index (χ3v) is 6.89. The van der Waals surface area contributed by atoms with E-state index in [1.165, 1.54) is 154 Å². The van der Waals surface area contributed by atoms with Crippen molar-refractivity contribution in [2.75, 3.05) is 11.5 Å². The SMILES string of the molecule is CCCCCCCCCCCCC[S-].CCCCCCCCCCCCC[S-].C[CH]CC.C[CH]CC.[Sn+2]. The van der Waals surface area contributed by atoms with Crippen LogP contribution in [0.15, 0.2) is 0 Å². The quantitative estimate of drug-likeness (QED) is 0.0573. The van der Waals surface area contributed by atoms with E-state index in [0.717, 1.165) is 11.5 Å². The van der Waals surface area contributed by atoms with E-state index in [4.69, 9.17) is 25.3 Å². The minimum absolute atomic E-state index is 0. The third-order valence-electron chi connectivity index (χ3n) is 6.31. The average molecular weight is 664 g/mol. The molecule has 0 N–H and O–H groups in total. The molecule has 0 aliphatic carbocycles. The van der Waals surface area contributed by atoms with Crippen LogP contribution in [0.1, 0.15) is 196 Å². The van der Waals surface area contributed by atoms with Crippen LogP contribution in [0.3, 0.4) is 0 Å². The van der Waals surface area contributed by atoms with Crippen molar-refractivity contribution < 1.29 is 0 Å². The van der Waals surface area contributed by atoms with Gasteiger partial charge < -0.3 is 25.3 Å². The minimum Gasteiger partial charge on any atom is -0.793 e. The van der Waals surface area contributed by atoms with Gasteiger partial charge in [0.1, 0.15) is 0 Å². The number of rotatable bonds is 24. The van der Waals surface area contributed by atoms with Crippen LogP contribution >= 0.6 is 0 Å². The molecular weight excluding hydrogens is 591 g/mol. The van der Waals surface area contributed by atoms with Gasteiger partial charge in [-0.1, -0.05) is 196 Å². The molecule has 0 aromatic rings. The maximum atomic E-state index is 4.91. The minimum atomic E-state index is 0. The molecule has 0 rings (SSSR count). The van der Waals surface area contributed by atoms with E-state index in [1.54, 1.807) is 0 Å². The standard InChI is InChI=1S/2C13H28S.2C4H9.Sn/c2*1-2-3-4-5-6-7-8-9-10-11-12-13-14;2*1-3-4-2;/h2*14H,2-13H2,1H3;2*3H,4H2,1-2H3;/q;;;;+2/p-2. The largest absolute Gasteiger partial charge is 2.00 e. The third kappa shape index (κ3) is 72.7. The Morgan fingerprint density at radius 1 is 0.351 bits per heavy atom. The van der Waals surface area contributed by atoms with E-state index < -0.39 is 0 Å². The summed E-state index contributed by atoms with van der Waals surface area (Å²) in [6, 6.07) is 0. The summed E-state index contributed by atoms with van der Waals surface area (Å²) in [4.78, 5) is 0. The van der Waals surface area contributed by atoms with E-state index in [0.29, 0.717) is 0 Å². The van der Waals surface area contributed by atoms with Crippen LogP contribution in [0.2, 0.25) is 0 Å². The second-order valence-electron chi connectivity index (χ2n) is 10.1. The Labute approximate surface area is 267 Å². The Hall–Kier alpha value is 1.50. The van der Waals surface area contributed by atoms with Crippen molar-refractivity contribution in [1.82, 2.24) is 0 Å². The molecule has 224 valence electrons. The summed E-state index contributed by atoms with van der Waals surface area (Å²) < 4.78 is 0. The van der Waals surface area contributed by atoms with Crippen molar-refractivity contribution in [3.05, 3.63) is 12.8 Å². The fraction of sp³-hybridized carbons (Fsp3) is 0.941.